The molecule has 0 bridgehead atoms. The van der Waals surface area contributed by atoms with E-state index in [1.54, 1.807) is 6.92 Å². The Balaban J connectivity index is 4.91. The molecule has 4 heteroatoms. The number of carboxylic acid groups (broad SMARTS) is 1. The molecule has 0 aromatic carbocycles. The molecule has 0 amide bonds. The van der Waals surface area contributed by atoms with Gasteiger partial charge in [-0.3, -0.25) is 4.79 Å². The van der Waals surface area contributed by atoms with E-state index < -0.39 is 11.8 Å². The highest BCUT2D eigenvalue weighted by Gasteiger charge is 2.19. The Bertz CT molecular complexity index is 227. The summed E-state index contributed by atoms with van der Waals surface area (Å²) in [5.41, 5.74) is -0.264. The number of Topliss-reactive ketones (excluding diaryl/α,β-unsaturated/α-hetero) is 1. The summed E-state index contributed by atoms with van der Waals surface area (Å²) in [4.78, 5) is 21.6. The second kappa shape index (κ2) is 4.54. The lowest BCUT2D eigenvalue weighted by Crippen LogP contribution is -2.14. The molecule has 1 N–H and O–H groups in total. The van der Waals surface area contributed by atoms with E-state index in [-0.39, 0.29) is 17.8 Å². The van der Waals surface area contributed by atoms with Crippen LogP contribution in [-0.2, 0) is 14.3 Å². The van der Waals surface area contributed by atoms with Crippen LogP contribution in [0.4, 0.5) is 0 Å². The zero-order chi connectivity index (χ0) is 9.72. The first kappa shape index (κ1) is 10.7. The topological polar surface area (TPSA) is 63.6 Å². The third-order valence-corrected chi connectivity index (χ3v) is 1.47. The van der Waals surface area contributed by atoms with E-state index in [1.807, 2.05) is 0 Å². The lowest BCUT2D eigenvalue weighted by molar-refractivity contribution is -0.134. The van der Waals surface area contributed by atoms with Gasteiger partial charge in [0.05, 0.1) is 7.11 Å². The van der Waals surface area contributed by atoms with Crippen LogP contribution in [0.2, 0.25) is 0 Å². The molecule has 0 atom stereocenters. The third kappa shape index (κ3) is 2.38. The Labute approximate surface area is 70.8 Å². The van der Waals surface area contributed by atoms with Crippen molar-refractivity contribution in [3.05, 3.63) is 11.3 Å². The van der Waals surface area contributed by atoms with Crippen LogP contribution in [0.15, 0.2) is 11.3 Å². The Hall–Kier alpha value is -1.32. The second-order valence-electron chi connectivity index (χ2n) is 2.22. The van der Waals surface area contributed by atoms with Gasteiger partial charge < -0.3 is 9.84 Å². The summed E-state index contributed by atoms with van der Waals surface area (Å²) < 4.78 is 4.67. The number of hydrogen-bond donors (Lipinski definition) is 1. The van der Waals surface area contributed by atoms with Crippen LogP contribution >= 0.6 is 0 Å². The number of hydrogen-bond acceptors (Lipinski definition) is 3. The highest BCUT2D eigenvalue weighted by Crippen LogP contribution is 2.08. The van der Waals surface area contributed by atoms with Gasteiger partial charge in [0.15, 0.2) is 5.78 Å². The molecule has 0 radical (unpaired) electrons. The zero-order valence-corrected chi connectivity index (χ0v) is 7.38. The molecular weight excluding hydrogens is 160 g/mol. The van der Waals surface area contributed by atoms with E-state index in [9.17, 15) is 9.59 Å². The SMILES string of the molecule is CCC(=O)/C(C(=O)O)=C(\C)OC. The van der Waals surface area contributed by atoms with Gasteiger partial charge in [0.2, 0.25) is 0 Å². The normalized spacial score (nSPS) is 11.9. The van der Waals surface area contributed by atoms with E-state index in [0.29, 0.717) is 0 Å². The van der Waals surface area contributed by atoms with Crippen molar-refractivity contribution in [1.82, 2.24) is 0 Å². The van der Waals surface area contributed by atoms with Crippen LogP contribution < -0.4 is 0 Å². The number of ketones is 1. The van der Waals surface area contributed by atoms with Gasteiger partial charge in [-0.05, 0) is 6.92 Å². The fraction of sp³-hybridized carbons (Fsp3) is 0.500. The van der Waals surface area contributed by atoms with Crippen LogP contribution in [0.1, 0.15) is 20.3 Å². The Morgan fingerprint density at radius 1 is 1.42 bits per heavy atom. The van der Waals surface area contributed by atoms with Gasteiger partial charge in [0, 0.05) is 6.42 Å². The van der Waals surface area contributed by atoms with Crippen molar-refractivity contribution in [2.24, 2.45) is 0 Å². The first-order chi connectivity index (χ1) is 5.54. The van der Waals surface area contributed by atoms with E-state index in [4.69, 9.17) is 5.11 Å². The van der Waals surface area contributed by atoms with Gasteiger partial charge in [-0.1, -0.05) is 6.92 Å². The molecule has 0 aliphatic carbocycles. The first-order valence-electron chi connectivity index (χ1n) is 3.55. The zero-order valence-electron chi connectivity index (χ0n) is 7.38. The lowest BCUT2D eigenvalue weighted by Gasteiger charge is -2.03. The maximum absolute atomic E-state index is 11.0. The number of carboxylic acids is 1. The molecular formula is C8H12O4. The van der Waals surface area contributed by atoms with Crippen LogP contribution in [0.25, 0.3) is 0 Å². The molecule has 0 aliphatic rings. The van der Waals surface area contributed by atoms with E-state index in [1.165, 1.54) is 14.0 Å². The molecule has 0 fully saturated rings. The number of carbonyl (C=O) groups is 2. The fourth-order valence-corrected chi connectivity index (χ4v) is 0.745. The van der Waals surface area contributed by atoms with Gasteiger partial charge in [-0.25, -0.2) is 4.79 Å². The molecule has 0 aromatic heterocycles. The Morgan fingerprint density at radius 2 is 1.92 bits per heavy atom. The molecule has 0 unspecified atom stereocenters. The lowest BCUT2D eigenvalue weighted by atomic mass is 10.1. The highest BCUT2D eigenvalue weighted by atomic mass is 16.5. The van der Waals surface area contributed by atoms with Crippen molar-refractivity contribution in [2.75, 3.05) is 7.11 Å². The van der Waals surface area contributed by atoms with Gasteiger partial charge in [-0.15, -0.1) is 0 Å². The number of carbonyl (C=O) groups excluding carboxylic acids is 1. The molecule has 0 heterocycles. The first-order valence-corrected chi connectivity index (χ1v) is 3.55. The standard InChI is InChI=1S/C8H12O4/c1-4-6(9)7(8(10)11)5(2)12-3/h4H2,1-3H3,(H,10,11)/b7-5-. The average molecular weight is 172 g/mol. The molecule has 0 saturated heterocycles. The van der Waals surface area contributed by atoms with Gasteiger partial charge in [0.1, 0.15) is 11.3 Å². The third-order valence-electron chi connectivity index (χ3n) is 1.47. The van der Waals surface area contributed by atoms with Crippen molar-refractivity contribution in [3.63, 3.8) is 0 Å². The number of methoxy groups -OCH3 is 1. The van der Waals surface area contributed by atoms with Crippen molar-refractivity contribution in [1.29, 1.82) is 0 Å². The molecule has 4 nitrogen and oxygen atoms in total. The van der Waals surface area contributed by atoms with Crippen LogP contribution in [0.5, 0.6) is 0 Å². The quantitative estimate of drug-likeness (QED) is 0.297. The van der Waals surface area contributed by atoms with Gasteiger partial charge >= 0.3 is 5.97 Å². The summed E-state index contributed by atoms with van der Waals surface area (Å²) in [5, 5.41) is 8.62. The number of aliphatic carboxylic acids is 1. The van der Waals surface area contributed by atoms with Crippen molar-refractivity contribution < 1.29 is 19.4 Å². The van der Waals surface area contributed by atoms with Crippen molar-refractivity contribution >= 4 is 11.8 Å². The monoisotopic (exact) mass is 172 g/mol. The molecule has 12 heavy (non-hydrogen) atoms. The van der Waals surface area contributed by atoms with E-state index in [0.717, 1.165) is 0 Å². The van der Waals surface area contributed by atoms with Crippen molar-refractivity contribution in [3.8, 4) is 0 Å². The summed E-state index contributed by atoms with van der Waals surface area (Å²) in [6.45, 7) is 3.06. The smallest absolute Gasteiger partial charge is 0.342 e. The summed E-state index contributed by atoms with van der Waals surface area (Å²) in [5.74, 6) is -1.50. The van der Waals surface area contributed by atoms with E-state index >= 15 is 0 Å². The minimum absolute atomic E-state index is 0.148. The highest BCUT2D eigenvalue weighted by molar-refractivity contribution is 6.16. The predicted molar refractivity (Wildman–Crippen MR) is 42.6 cm³/mol. The Kier molecular flexibility index (Phi) is 4.04. The Morgan fingerprint density at radius 3 is 2.17 bits per heavy atom. The number of ether oxygens (including phenoxy) is 1. The largest absolute Gasteiger partial charge is 0.500 e. The molecule has 0 aliphatic heterocycles. The summed E-state index contributed by atoms with van der Waals surface area (Å²) in [7, 11) is 1.33. The summed E-state index contributed by atoms with van der Waals surface area (Å²) in [6, 6.07) is 0. The molecule has 0 rings (SSSR count). The second-order valence-corrected chi connectivity index (χ2v) is 2.22. The molecule has 0 spiro atoms. The van der Waals surface area contributed by atoms with Gasteiger partial charge in [-0.2, -0.15) is 0 Å². The summed E-state index contributed by atoms with van der Waals surface area (Å²) >= 11 is 0. The fourth-order valence-electron chi connectivity index (χ4n) is 0.745. The van der Waals surface area contributed by atoms with Gasteiger partial charge in [0.25, 0.3) is 0 Å². The number of allylic oxidation sites excluding steroid dienone is 1. The van der Waals surface area contributed by atoms with Crippen LogP contribution in [-0.4, -0.2) is 24.0 Å². The maximum Gasteiger partial charge on any atom is 0.342 e. The van der Waals surface area contributed by atoms with Crippen LogP contribution in [0, 0.1) is 0 Å². The maximum atomic E-state index is 11.0. The van der Waals surface area contributed by atoms with Crippen molar-refractivity contribution in [2.45, 2.75) is 20.3 Å². The average Bonchev–Trinajstić information content (AvgIpc) is 2.03. The minimum atomic E-state index is -1.24. The predicted octanol–water partition coefficient (Wildman–Crippen LogP) is 0.970. The molecule has 0 saturated carbocycles. The number of rotatable bonds is 4. The summed E-state index contributed by atoms with van der Waals surface area (Å²) in [6.07, 6.45) is 0.169. The van der Waals surface area contributed by atoms with E-state index in [2.05, 4.69) is 4.74 Å². The van der Waals surface area contributed by atoms with Crippen LogP contribution in [0.3, 0.4) is 0 Å². The molecule has 68 valence electrons. The minimum Gasteiger partial charge on any atom is -0.500 e. The molecule has 0 aromatic rings.